The summed E-state index contributed by atoms with van der Waals surface area (Å²) in [7, 11) is 1.59. The standard InChI is InChI=1S/C23H22N2O5S/c1-5-29-22(27)19-14(3)24-23-25(20(19)15-7-10-16(28-4)11-8-15)21(26)18(31-23)12-17-9-6-13(2)30-17/h6-12,20H,5H2,1-4H3/b18-12-/t20-/m1/s1. The van der Waals surface area contributed by atoms with Crippen LogP contribution in [0, 0.1) is 6.92 Å². The molecule has 160 valence electrons. The number of nitrogens with zero attached hydrogens (tertiary/aromatic N) is 2. The third kappa shape index (κ3) is 3.86. The highest BCUT2D eigenvalue weighted by molar-refractivity contribution is 7.07. The maximum absolute atomic E-state index is 13.4. The van der Waals surface area contributed by atoms with E-state index in [9.17, 15) is 9.59 Å². The van der Waals surface area contributed by atoms with E-state index in [1.165, 1.54) is 11.3 Å². The molecular formula is C23H22N2O5S. The van der Waals surface area contributed by atoms with Crippen molar-refractivity contribution in [1.29, 1.82) is 0 Å². The van der Waals surface area contributed by atoms with E-state index in [2.05, 4.69) is 4.99 Å². The number of carbonyl (C=O) groups excluding carboxylic acids is 1. The molecule has 2 aromatic heterocycles. The number of esters is 1. The summed E-state index contributed by atoms with van der Waals surface area (Å²) in [6.07, 6.45) is 1.70. The fourth-order valence-corrected chi connectivity index (χ4v) is 4.58. The van der Waals surface area contributed by atoms with Crippen molar-refractivity contribution >= 4 is 23.4 Å². The fourth-order valence-electron chi connectivity index (χ4n) is 3.55. The Kier molecular flexibility index (Phi) is 5.65. The van der Waals surface area contributed by atoms with Crippen LogP contribution in [0.2, 0.25) is 0 Å². The molecule has 0 fully saturated rings. The summed E-state index contributed by atoms with van der Waals surface area (Å²) in [6, 6.07) is 10.3. The first-order chi connectivity index (χ1) is 14.9. The summed E-state index contributed by atoms with van der Waals surface area (Å²) in [5.74, 6) is 1.55. The predicted octanol–water partition coefficient (Wildman–Crippen LogP) is 2.71. The van der Waals surface area contributed by atoms with Crippen molar-refractivity contribution in [2.45, 2.75) is 26.8 Å². The van der Waals surface area contributed by atoms with Crippen molar-refractivity contribution < 1.29 is 18.7 Å². The van der Waals surface area contributed by atoms with Crippen molar-refractivity contribution in [2.24, 2.45) is 4.99 Å². The zero-order valence-electron chi connectivity index (χ0n) is 17.7. The number of methoxy groups -OCH3 is 1. The van der Waals surface area contributed by atoms with Gasteiger partial charge in [-0.05, 0) is 50.6 Å². The second-order valence-corrected chi connectivity index (χ2v) is 8.03. The summed E-state index contributed by atoms with van der Waals surface area (Å²) in [6.45, 7) is 5.58. The number of carbonyl (C=O) groups is 1. The van der Waals surface area contributed by atoms with Crippen LogP contribution in [0.1, 0.15) is 37.0 Å². The van der Waals surface area contributed by atoms with Gasteiger partial charge in [0.1, 0.15) is 17.3 Å². The van der Waals surface area contributed by atoms with Crippen molar-refractivity contribution in [3.05, 3.63) is 84.4 Å². The summed E-state index contributed by atoms with van der Waals surface area (Å²) in [4.78, 5) is 31.3. The minimum atomic E-state index is -0.651. The smallest absolute Gasteiger partial charge is 0.338 e. The SMILES string of the molecule is CCOC(=O)C1=C(C)N=c2s/c(=C\c3ccc(C)o3)c(=O)n2[C@@H]1c1ccc(OC)cc1. The van der Waals surface area contributed by atoms with Crippen molar-refractivity contribution in [2.75, 3.05) is 13.7 Å². The minimum absolute atomic E-state index is 0.229. The van der Waals surface area contributed by atoms with E-state index in [-0.39, 0.29) is 12.2 Å². The normalized spacial score (nSPS) is 16.1. The first-order valence-corrected chi connectivity index (χ1v) is 10.6. The van der Waals surface area contributed by atoms with Gasteiger partial charge in [-0.15, -0.1) is 0 Å². The van der Waals surface area contributed by atoms with Gasteiger partial charge in [-0.3, -0.25) is 9.36 Å². The molecule has 0 aliphatic carbocycles. The molecule has 0 bridgehead atoms. The average Bonchev–Trinajstić information content (AvgIpc) is 3.30. The number of aromatic nitrogens is 1. The molecule has 0 saturated carbocycles. The molecule has 1 aromatic carbocycles. The molecule has 1 atom stereocenters. The molecule has 0 amide bonds. The predicted molar refractivity (Wildman–Crippen MR) is 117 cm³/mol. The van der Waals surface area contributed by atoms with Crippen LogP contribution < -0.4 is 19.6 Å². The number of fused-ring (bicyclic) bond motifs is 1. The molecule has 0 spiro atoms. The van der Waals surface area contributed by atoms with E-state index < -0.39 is 12.0 Å². The van der Waals surface area contributed by atoms with Crippen LogP contribution in [0.3, 0.4) is 0 Å². The Morgan fingerprint density at radius 2 is 1.97 bits per heavy atom. The monoisotopic (exact) mass is 438 g/mol. The van der Waals surface area contributed by atoms with Gasteiger partial charge in [-0.2, -0.15) is 0 Å². The Bertz CT molecular complexity index is 1340. The van der Waals surface area contributed by atoms with Crippen LogP contribution in [0.25, 0.3) is 6.08 Å². The lowest BCUT2D eigenvalue weighted by Crippen LogP contribution is -2.39. The van der Waals surface area contributed by atoms with Gasteiger partial charge in [0.15, 0.2) is 4.80 Å². The molecule has 0 saturated heterocycles. The van der Waals surface area contributed by atoms with E-state index in [0.29, 0.717) is 32.1 Å². The maximum Gasteiger partial charge on any atom is 0.338 e. The molecule has 4 rings (SSSR count). The molecule has 7 nitrogen and oxygen atoms in total. The van der Waals surface area contributed by atoms with Gasteiger partial charge in [0.25, 0.3) is 5.56 Å². The Labute approximate surface area is 182 Å². The number of hydrogen-bond acceptors (Lipinski definition) is 7. The number of thiazole rings is 1. The summed E-state index contributed by atoms with van der Waals surface area (Å²) < 4.78 is 18.2. The van der Waals surface area contributed by atoms with Gasteiger partial charge >= 0.3 is 5.97 Å². The van der Waals surface area contributed by atoms with Crippen LogP contribution in [0.15, 0.2) is 61.9 Å². The first kappa shape index (κ1) is 20.9. The highest BCUT2D eigenvalue weighted by Crippen LogP contribution is 2.31. The molecule has 1 aliphatic rings. The number of furan rings is 1. The van der Waals surface area contributed by atoms with E-state index >= 15 is 0 Å². The number of benzene rings is 1. The van der Waals surface area contributed by atoms with Crippen molar-refractivity contribution in [3.8, 4) is 5.75 Å². The molecule has 3 aromatic rings. The Balaban J connectivity index is 1.94. The Morgan fingerprint density at radius 3 is 2.58 bits per heavy atom. The second kappa shape index (κ2) is 8.39. The molecular weight excluding hydrogens is 416 g/mol. The van der Waals surface area contributed by atoms with E-state index in [4.69, 9.17) is 13.9 Å². The summed E-state index contributed by atoms with van der Waals surface area (Å²) >= 11 is 1.26. The zero-order valence-corrected chi connectivity index (χ0v) is 18.5. The number of aryl methyl sites for hydroxylation is 1. The van der Waals surface area contributed by atoms with E-state index in [1.54, 1.807) is 43.7 Å². The molecule has 31 heavy (non-hydrogen) atoms. The highest BCUT2D eigenvalue weighted by atomic mass is 32.1. The number of ether oxygens (including phenoxy) is 2. The third-order valence-corrected chi connectivity index (χ3v) is 5.97. The van der Waals surface area contributed by atoms with Gasteiger partial charge < -0.3 is 13.9 Å². The largest absolute Gasteiger partial charge is 0.497 e. The molecule has 8 heteroatoms. The quantitative estimate of drug-likeness (QED) is 0.572. The lowest BCUT2D eigenvalue weighted by atomic mass is 9.96. The minimum Gasteiger partial charge on any atom is -0.497 e. The number of allylic oxidation sites excluding steroid dienone is 1. The van der Waals surface area contributed by atoms with Crippen molar-refractivity contribution in [1.82, 2.24) is 4.57 Å². The van der Waals surface area contributed by atoms with Gasteiger partial charge in [-0.25, -0.2) is 9.79 Å². The number of hydrogen-bond donors (Lipinski definition) is 0. The van der Waals surface area contributed by atoms with Crippen molar-refractivity contribution in [3.63, 3.8) is 0 Å². The molecule has 0 radical (unpaired) electrons. The maximum atomic E-state index is 13.4. The summed E-state index contributed by atoms with van der Waals surface area (Å²) in [5.41, 5.74) is 1.40. The Hall–Kier alpha value is -3.39. The van der Waals surface area contributed by atoms with Crippen LogP contribution in [-0.4, -0.2) is 24.3 Å². The lowest BCUT2D eigenvalue weighted by molar-refractivity contribution is -0.139. The van der Waals surface area contributed by atoms with Gasteiger partial charge in [-0.1, -0.05) is 23.5 Å². The van der Waals surface area contributed by atoms with Crippen LogP contribution in [0.5, 0.6) is 5.75 Å². The lowest BCUT2D eigenvalue weighted by Gasteiger charge is -2.24. The molecule has 0 N–H and O–H groups in total. The highest BCUT2D eigenvalue weighted by Gasteiger charge is 2.33. The van der Waals surface area contributed by atoms with Crippen LogP contribution in [-0.2, 0) is 9.53 Å². The first-order valence-electron chi connectivity index (χ1n) is 9.83. The summed E-state index contributed by atoms with van der Waals surface area (Å²) in [5, 5.41) is 0. The second-order valence-electron chi connectivity index (χ2n) is 7.02. The fraction of sp³-hybridized carbons (Fsp3) is 0.261. The van der Waals surface area contributed by atoms with Gasteiger partial charge in [0.2, 0.25) is 0 Å². The molecule has 0 unspecified atom stereocenters. The van der Waals surface area contributed by atoms with Crippen LogP contribution >= 0.6 is 11.3 Å². The van der Waals surface area contributed by atoms with E-state index in [1.807, 2.05) is 31.2 Å². The van der Waals surface area contributed by atoms with E-state index in [0.717, 1.165) is 11.3 Å². The zero-order chi connectivity index (χ0) is 22.1. The third-order valence-electron chi connectivity index (χ3n) is 4.98. The molecule has 3 heterocycles. The van der Waals surface area contributed by atoms with Gasteiger partial charge in [0.05, 0.1) is 35.6 Å². The number of rotatable bonds is 5. The van der Waals surface area contributed by atoms with Crippen LogP contribution in [0.4, 0.5) is 0 Å². The van der Waals surface area contributed by atoms with Gasteiger partial charge in [0, 0.05) is 6.08 Å². The topological polar surface area (TPSA) is 83.0 Å². The Morgan fingerprint density at radius 1 is 1.23 bits per heavy atom. The average molecular weight is 439 g/mol. The molecule has 1 aliphatic heterocycles.